The summed E-state index contributed by atoms with van der Waals surface area (Å²) in [4.78, 5) is 12.5. The third-order valence-electron chi connectivity index (χ3n) is 4.26. The molecule has 0 N–H and O–H groups in total. The molecule has 1 heteroatoms. The van der Waals surface area contributed by atoms with Crippen molar-refractivity contribution < 1.29 is 4.79 Å². The van der Waals surface area contributed by atoms with E-state index in [1.807, 2.05) is 6.07 Å². The fourth-order valence-corrected chi connectivity index (χ4v) is 3.34. The lowest BCUT2D eigenvalue weighted by atomic mass is 9.71. The molecule has 1 aliphatic carbocycles. The first kappa shape index (κ1) is 13.3. The number of ketones is 1. The van der Waals surface area contributed by atoms with Gasteiger partial charge in [-0.15, -0.1) is 0 Å². The molecular weight excluding hydrogens is 220 g/mol. The topological polar surface area (TPSA) is 17.1 Å². The van der Waals surface area contributed by atoms with Crippen molar-refractivity contribution >= 4 is 5.78 Å². The minimum atomic E-state index is -0.0629. The molecule has 0 spiro atoms. The highest BCUT2D eigenvalue weighted by Crippen LogP contribution is 2.39. The number of rotatable bonds is 4. The summed E-state index contributed by atoms with van der Waals surface area (Å²) < 4.78 is 0. The molecule has 0 radical (unpaired) electrons. The maximum Gasteiger partial charge on any atom is 0.139 e. The Balaban J connectivity index is 2.21. The molecule has 1 saturated carbocycles. The largest absolute Gasteiger partial charge is 0.299 e. The highest BCUT2D eigenvalue weighted by Gasteiger charge is 2.37. The zero-order chi connectivity index (χ0) is 12.8. The second-order valence-electron chi connectivity index (χ2n) is 5.68. The molecule has 98 valence electrons. The molecule has 1 aromatic rings. The van der Waals surface area contributed by atoms with Crippen LogP contribution >= 0.6 is 0 Å². The second-order valence-corrected chi connectivity index (χ2v) is 5.68. The van der Waals surface area contributed by atoms with Crippen LogP contribution in [0.1, 0.15) is 57.4 Å². The summed E-state index contributed by atoms with van der Waals surface area (Å²) in [5, 5.41) is 0. The molecule has 0 bridgehead atoms. The summed E-state index contributed by atoms with van der Waals surface area (Å²) in [6.45, 7) is 2.20. The van der Waals surface area contributed by atoms with Gasteiger partial charge in [0.05, 0.1) is 0 Å². The molecule has 0 amide bonds. The number of Topliss-reactive ketones (excluding diaryl/α,β-unsaturated/α-hetero) is 1. The van der Waals surface area contributed by atoms with E-state index in [0.717, 1.165) is 38.5 Å². The summed E-state index contributed by atoms with van der Waals surface area (Å²) in [6.07, 6.45) is 8.55. The minimum Gasteiger partial charge on any atom is -0.299 e. The lowest BCUT2D eigenvalue weighted by molar-refractivity contribution is -0.129. The fraction of sp³-hybridized carbons (Fsp3) is 0.588. The number of hydrogen-bond donors (Lipinski definition) is 0. The van der Waals surface area contributed by atoms with Gasteiger partial charge in [-0.05, 0) is 31.2 Å². The highest BCUT2D eigenvalue weighted by atomic mass is 16.1. The molecule has 1 unspecified atom stereocenters. The van der Waals surface area contributed by atoms with Crippen molar-refractivity contribution in [3.8, 4) is 0 Å². The number of hydrogen-bond acceptors (Lipinski definition) is 1. The van der Waals surface area contributed by atoms with Crippen LogP contribution in [0.25, 0.3) is 0 Å². The summed E-state index contributed by atoms with van der Waals surface area (Å²) in [5.41, 5.74) is 1.26. The first-order valence-corrected chi connectivity index (χ1v) is 7.34. The molecular formula is C17H24O. The fourth-order valence-electron chi connectivity index (χ4n) is 3.34. The van der Waals surface area contributed by atoms with Crippen LogP contribution in [0.15, 0.2) is 30.3 Å². The normalized spacial score (nSPS) is 24.8. The molecule has 1 fully saturated rings. The molecule has 0 saturated heterocycles. The predicted octanol–water partition coefficient (Wildman–Crippen LogP) is 4.55. The van der Waals surface area contributed by atoms with Gasteiger partial charge in [-0.25, -0.2) is 0 Å². The first-order valence-electron chi connectivity index (χ1n) is 7.34. The van der Waals surface area contributed by atoms with Gasteiger partial charge in [0.15, 0.2) is 0 Å². The number of carbonyl (C=O) groups excluding carboxylic acids is 1. The van der Waals surface area contributed by atoms with Gasteiger partial charge in [0.25, 0.3) is 0 Å². The van der Waals surface area contributed by atoms with Crippen LogP contribution < -0.4 is 0 Å². The van der Waals surface area contributed by atoms with Crippen molar-refractivity contribution in [2.75, 3.05) is 0 Å². The van der Waals surface area contributed by atoms with E-state index in [1.165, 1.54) is 18.4 Å². The molecule has 1 aliphatic rings. The van der Waals surface area contributed by atoms with Gasteiger partial charge in [-0.1, -0.05) is 56.5 Å². The van der Waals surface area contributed by atoms with Crippen LogP contribution in [0, 0.1) is 5.41 Å². The van der Waals surface area contributed by atoms with Crippen LogP contribution in [0.4, 0.5) is 0 Å². The van der Waals surface area contributed by atoms with Gasteiger partial charge < -0.3 is 0 Å². The van der Waals surface area contributed by atoms with E-state index in [0.29, 0.717) is 5.78 Å². The maximum absolute atomic E-state index is 12.5. The van der Waals surface area contributed by atoms with Crippen LogP contribution in [0.5, 0.6) is 0 Å². The first-order chi connectivity index (χ1) is 8.77. The van der Waals surface area contributed by atoms with Gasteiger partial charge in [0, 0.05) is 11.8 Å². The van der Waals surface area contributed by atoms with Gasteiger partial charge in [-0.3, -0.25) is 4.79 Å². The highest BCUT2D eigenvalue weighted by molar-refractivity contribution is 5.85. The van der Waals surface area contributed by atoms with E-state index >= 15 is 0 Å². The SMILES string of the molecule is CCCC1(Cc2ccccc2)CCCCCC1=O. The van der Waals surface area contributed by atoms with E-state index in [1.54, 1.807) is 0 Å². The quantitative estimate of drug-likeness (QED) is 0.710. The second kappa shape index (κ2) is 6.17. The molecule has 0 aromatic heterocycles. The molecule has 1 atom stereocenters. The average Bonchev–Trinajstić information content (AvgIpc) is 2.55. The Morgan fingerprint density at radius 3 is 2.61 bits per heavy atom. The van der Waals surface area contributed by atoms with Gasteiger partial charge in [-0.2, -0.15) is 0 Å². The molecule has 0 aliphatic heterocycles. The average molecular weight is 244 g/mol. The Kier molecular flexibility index (Phi) is 4.57. The monoisotopic (exact) mass is 244 g/mol. The summed E-state index contributed by atoms with van der Waals surface area (Å²) in [6, 6.07) is 10.5. The summed E-state index contributed by atoms with van der Waals surface area (Å²) >= 11 is 0. The summed E-state index contributed by atoms with van der Waals surface area (Å²) in [5.74, 6) is 0.519. The van der Waals surface area contributed by atoms with E-state index in [9.17, 15) is 4.79 Å². The van der Waals surface area contributed by atoms with Crippen molar-refractivity contribution in [3.63, 3.8) is 0 Å². The predicted molar refractivity (Wildman–Crippen MR) is 75.6 cm³/mol. The standard InChI is InChI=1S/C17H24O/c1-2-12-17(13-8-4-7-11-16(17)18)14-15-9-5-3-6-10-15/h3,5-6,9-10H,2,4,7-8,11-14H2,1H3. The van der Waals surface area contributed by atoms with Crippen molar-refractivity contribution in [1.82, 2.24) is 0 Å². The Bertz CT molecular complexity index is 382. The molecule has 2 rings (SSSR count). The molecule has 18 heavy (non-hydrogen) atoms. The van der Waals surface area contributed by atoms with Crippen molar-refractivity contribution in [1.29, 1.82) is 0 Å². The van der Waals surface area contributed by atoms with Crippen molar-refractivity contribution in [3.05, 3.63) is 35.9 Å². The lowest BCUT2D eigenvalue weighted by Gasteiger charge is -2.31. The number of carbonyl (C=O) groups is 1. The van der Waals surface area contributed by atoms with Crippen molar-refractivity contribution in [2.24, 2.45) is 5.41 Å². The smallest absolute Gasteiger partial charge is 0.139 e. The van der Waals surface area contributed by atoms with E-state index in [4.69, 9.17) is 0 Å². The number of benzene rings is 1. The molecule has 0 heterocycles. The van der Waals surface area contributed by atoms with Gasteiger partial charge in [0.1, 0.15) is 5.78 Å². The van der Waals surface area contributed by atoms with Gasteiger partial charge in [0.2, 0.25) is 0 Å². The van der Waals surface area contributed by atoms with E-state index < -0.39 is 0 Å². The zero-order valence-corrected chi connectivity index (χ0v) is 11.5. The molecule has 1 nitrogen and oxygen atoms in total. The Hall–Kier alpha value is -1.11. The van der Waals surface area contributed by atoms with Crippen molar-refractivity contribution in [2.45, 2.75) is 58.3 Å². The third kappa shape index (κ3) is 3.01. The zero-order valence-electron chi connectivity index (χ0n) is 11.5. The van der Waals surface area contributed by atoms with Crippen LogP contribution in [-0.4, -0.2) is 5.78 Å². The minimum absolute atomic E-state index is 0.0629. The van der Waals surface area contributed by atoms with Crippen LogP contribution in [-0.2, 0) is 11.2 Å². The third-order valence-corrected chi connectivity index (χ3v) is 4.26. The van der Waals surface area contributed by atoms with Crippen LogP contribution in [0.2, 0.25) is 0 Å². The van der Waals surface area contributed by atoms with Crippen LogP contribution in [0.3, 0.4) is 0 Å². The molecule has 1 aromatic carbocycles. The van der Waals surface area contributed by atoms with E-state index in [-0.39, 0.29) is 5.41 Å². The van der Waals surface area contributed by atoms with E-state index in [2.05, 4.69) is 31.2 Å². The van der Waals surface area contributed by atoms with Gasteiger partial charge >= 0.3 is 0 Å². The Morgan fingerprint density at radius 2 is 1.89 bits per heavy atom. The summed E-state index contributed by atoms with van der Waals surface area (Å²) in [7, 11) is 0. The lowest BCUT2D eigenvalue weighted by Crippen LogP contribution is -2.32. The Labute approximate surface area is 111 Å². The maximum atomic E-state index is 12.5. The Morgan fingerprint density at radius 1 is 1.11 bits per heavy atom.